The van der Waals surface area contributed by atoms with E-state index in [2.05, 4.69) is 91.0 Å². The molecular weight excluding hydrogens is 615 g/mol. The minimum atomic E-state index is 0.569. The van der Waals surface area contributed by atoms with Crippen LogP contribution in [0.3, 0.4) is 0 Å². The Labute approximate surface area is 287 Å². The van der Waals surface area contributed by atoms with Gasteiger partial charge in [0.1, 0.15) is 22.3 Å². The van der Waals surface area contributed by atoms with E-state index in [1.807, 2.05) is 72.8 Å². The summed E-state index contributed by atoms with van der Waals surface area (Å²) in [5.41, 5.74) is 10.5. The third kappa shape index (κ3) is 4.75. The second kappa shape index (κ2) is 11.4. The summed E-state index contributed by atoms with van der Waals surface area (Å²) in [7, 11) is 0. The van der Waals surface area contributed by atoms with Gasteiger partial charge in [0.15, 0.2) is 17.5 Å². The van der Waals surface area contributed by atoms with Gasteiger partial charge >= 0.3 is 0 Å². The van der Waals surface area contributed by atoms with E-state index in [-0.39, 0.29) is 0 Å². The highest BCUT2D eigenvalue weighted by molar-refractivity contribution is 6.13. The maximum Gasteiger partial charge on any atom is 0.164 e. The molecule has 0 unspecified atom stereocenters. The van der Waals surface area contributed by atoms with Gasteiger partial charge in [-0.1, -0.05) is 121 Å². The molecule has 0 atom stereocenters. The molecule has 0 aliphatic rings. The fraction of sp³-hybridized carbons (Fsp3) is 0. The molecule has 0 aliphatic carbocycles. The lowest BCUT2D eigenvalue weighted by Crippen LogP contribution is -2.00. The Hall–Kier alpha value is -6.85. The summed E-state index contributed by atoms with van der Waals surface area (Å²) >= 11 is 0. The Bertz CT molecular complexity index is 2870. The molecule has 0 saturated carbocycles. The van der Waals surface area contributed by atoms with Crippen molar-refractivity contribution < 1.29 is 8.83 Å². The van der Waals surface area contributed by atoms with E-state index in [0.29, 0.717) is 17.5 Å². The van der Waals surface area contributed by atoms with Crippen molar-refractivity contribution in [1.29, 1.82) is 0 Å². The van der Waals surface area contributed by atoms with E-state index in [1.54, 1.807) is 0 Å². The first-order valence-corrected chi connectivity index (χ1v) is 16.6. The van der Waals surface area contributed by atoms with Crippen LogP contribution >= 0.6 is 0 Å². The van der Waals surface area contributed by atoms with Gasteiger partial charge in [-0.2, -0.15) is 0 Å². The van der Waals surface area contributed by atoms with Crippen molar-refractivity contribution in [3.63, 3.8) is 0 Å². The molecule has 5 heteroatoms. The second-order valence-electron chi connectivity index (χ2n) is 12.4. The number of hydrogen-bond acceptors (Lipinski definition) is 5. The van der Waals surface area contributed by atoms with Gasteiger partial charge in [0.05, 0.1) is 0 Å². The van der Waals surface area contributed by atoms with E-state index in [4.69, 9.17) is 23.8 Å². The molecule has 0 spiro atoms. The van der Waals surface area contributed by atoms with Gasteiger partial charge in [0, 0.05) is 38.2 Å². The quantitative estimate of drug-likeness (QED) is 0.187. The highest BCUT2D eigenvalue weighted by Crippen LogP contribution is 2.39. The Morgan fingerprint density at radius 1 is 0.300 bits per heavy atom. The van der Waals surface area contributed by atoms with Crippen molar-refractivity contribution in [1.82, 2.24) is 15.0 Å². The standard InChI is InChI=1S/C45H27N3O2/c1-3-11-28(12-4-1)30-15-9-16-31(25-30)32-22-24-39-37(26-32)42-36(18-10-20-40(42)49-39)45-47-43(29-13-5-2-6-14-29)46-44(48-45)33-21-23-35-34-17-7-8-19-38(34)50-41(35)27-33/h1-27H. The molecule has 3 heterocycles. The van der Waals surface area contributed by atoms with Crippen molar-refractivity contribution in [3.8, 4) is 56.4 Å². The first kappa shape index (κ1) is 28.2. The first-order valence-electron chi connectivity index (χ1n) is 16.6. The van der Waals surface area contributed by atoms with E-state index >= 15 is 0 Å². The molecule has 0 saturated heterocycles. The van der Waals surface area contributed by atoms with Gasteiger partial charge in [-0.15, -0.1) is 0 Å². The number of furan rings is 2. The molecule has 5 nitrogen and oxygen atoms in total. The van der Waals surface area contributed by atoms with Crippen molar-refractivity contribution in [2.45, 2.75) is 0 Å². The van der Waals surface area contributed by atoms with Crippen molar-refractivity contribution >= 4 is 43.9 Å². The number of para-hydroxylation sites is 1. The number of fused-ring (bicyclic) bond motifs is 6. The maximum atomic E-state index is 6.42. The molecule has 234 valence electrons. The normalized spacial score (nSPS) is 11.6. The summed E-state index contributed by atoms with van der Waals surface area (Å²) in [6.45, 7) is 0. The van der Waals surface area contributed by atoms with Gasteiger partial charge in [-0.05, 0) is 64.7 Å². The van der Waals surface area contributed by atoms with Gasteiger partial charge in [-0.3, -0.25) is 0 Å². The monoisotopic (exact) mass is 641 g/mol. The van der Waals surface area contributed by atoms with E-state index < -0.39 is 0 Å². The fourth-order valence-electron chi connectivity index (χ4n) is 6.91. The number of aromatic nitrogens is 3. The van der Waals surface area contributed by atoms with Crippen LogP contribution in [0.5, 0.6) is 0 Å². The van der Waals surface area contributed by atoms with Crippen LogP contribution in [-0.2, 0) is 0 Å². The Balaban J connectivity index is 1.16. The number of rotatable bonds is 5. The smallest absolute Gasteiger partial charge is 0.164 e. The van der Waals surface area contributed by atoms with Crippen LogP contribution in [0.4, 0.5) is 0 Å². The van der Waals surface area contributed by atoms with Crippen molar-refractivity contribution in [2.75, 3.05) is 0 Å². The molecule has 0 fully saturated rings. The predicted molar refractivity (Wildman–Crippen MR) is 202 cm³/mol. The lowest BCUT2D eigenvalue weighted by molar-refractivity contribution is 0.668. The zero-order valence-corrected chi connectivity index (χ0v) is 26.7. The molecule has 0 radical (unpaired) electrons. The zero-order chi connectivity index (χ0) is 33.0. The molecule has 50 heavy (non-hydrogen) atoms. The predicted octanol–water partition coefficient (Wildman–Crippen LogP) is 12.0. The van der Waals surface area contributed by atoms with Crippen LogP contribution in [0.2, 0.25) is 0 Å². The topological polar surface area (TPSA) is 65.0 Å². The SMILES string of the molecule is c1ccc(-c2cccc(-c3ccc4oc5cccc(-c6nc(-c7ccccc7)nc(-c7ccc8c(c7)oc7ccccc78)n6)c5c4c3)c2)cc1. The van der Waals surface area contributed by atoms with E-state index in [9.17, 15) is 0 Å². The minimum Gasteiger partial charge on any atom is -0.456 e. The van der Waals surface area contributed by atoms with E-state index in [1.165, 1.54) is 11.1 Å². The molecule has 7 aromatic carbocycles. The number of hydrogen-bond donors (Lipinski definition) is 0. The minimum absolute atomic E-state index is 0.569. The summed E-state index contributed by atoms with van der Waals surface area (Å²) in [6.07, 6.45) is 0. The molecule has 0 bridgehead atoms. The van der Waals surface area contributed by atoms with Crippen molar-refractivity contribution in [2.24, 2.45) is 0 Å². The number of nitrogens with zero attached hydrogens (tertiary/aromatic N) is 3. The summed E-state index contributed by atoms with van der Waals surface area (Å²) in [5, 5.41) is 4.11. The lowest BCUT2D eigenvalue weighted by Gasteiger charge is -2.09. The molecule has 10 aromatic rings. The summed E-state index contributed by atoms with van der Waals surface area (Å²) in [5.74, 6) is 1.74. The fourth-order valence-corrected chi connectivity index (χ4v) is 6.91. The largest absolute Gasteiger partial charge is 0.456 e. The van der Waals surface area contributed by atoms with Crippen LogP contribution in [0, 0.1) is 0 Å². The van der Waals surface area contributed by atoms with Crippen LogP contribution in [0.1, 0.15) is 0 Å². The van der Waals surface area contributed by atoms with Gasteiger partial charge in [0.2, 0.25) is 0 Å². The van der Waals surface area contributed by atoms with Gasteiger partial charge in [0.25, 0.3) is 0 Å². The Kier molecular flexibility index (Phi) is 6.42. The average molecular weight is 642 g/mol. The average Bonchev–Trinajstić information content (AvgIpc) is 3.76. The van der Waals surface area contributed by atoms with E-state index in [0.717, 1.165) is 71.7 Å². The van der Waals surface area contributed by atoms with Crippen LogP contribution in [-0.4, -0.2) is 15.0 Å². The third-order valence-corrected chi connectivity index (χ3v) is 9.34. The number of benzene rings is 7. The Morgan fingerprint density at radius 2 is 0.860 bits per heavy atom. The highest BCUT2D eigenvalue weighted by Gasteiger charge is 2.19. The van der Waals surface area contributed by atoms with Crippen molar-refractivity contribution in [3.05, 3.63) is 164 Å². The molecule has 0 N–H and O–H groups in total. The summed E-state index contributed by atoms with van der Waals surface area (Å²) < 4.78 is 12.7. The summed E-state index contributed by atoms with van der Waals surface area (Å²) in [6, 6.07) is 55.9. The third-order valence-electron chi connectivity index (χ3n) is 9.34. The van der Waals surface area contributed by atoms with Crippen LogP contribution < -0.4 is 0 Å². The summed E-state index contributed by atoms with van der Waals surface area (Å²) in [4.78, 5) is 15.2. The molecule has 0 amide bonds. The second-order valence-corrected chi connectivity index (χ2v) is 12.4. The molecular formula is C45H27N3O2. The lowest BCUT2D eigenvalue weighted by atomic mass is 9.97. The molecule has 3 aromatic heterocycles. The highest BCUT2D eigenvalue weighted by atomic mass is 16.3. The van der Waals surface area contributed by atoms with Crippen LogP contribution in [0.25, 0.3) is 100 Å². The zero-order valence-electron chi connectivity index (χ0n) is 26.7. The molecule has 0 aliphatic heterocycles. The van der Waals surface area contributed by atoms with Crippen LogP contribution in [0.15, 0.2) is 173 Å². The van der Waals surface area contributed by atoms with Gasteiger partial charge in [-0.25, -0.2) is 15.0 Å². The molecule has 10 rings (SSSR count). The Morgan fingerprint density at radius 3 is 1.70 bits per heavy atom. The van der Waals surface area contributed by atoms with Gasteiger partial charge < -0.3 is 8.83 Å². The maximum absolute atomic E-state index is 6.42. The first-order chi connectivity index (χ1) is 24.7.